The van der Waals surface area contributed by atoms with Crippen LogP contribution in [0.25, 0.3) is 10.9 Å². The second-order valence-electron chi connectivity index (χ2n) is 5.53. The highest BCUT2D eigenvalue weighted by molar-refractivity contribution is 5.94. The van der Waals surface area contributed by atoms with Crippen LogP contribution in [0.4, 0.5) is 0 Å². The van der Waals surface area contributed by atoms with Gasteiger partial charge in [0, 0.05) is 17.1 Å². The van der Waals surface area contributed by atoms with Gasteiger partial charge in [-0.1, -0.05) is 6.07 Å². The Morgan fingerprint density at radius 2 is 2.04 bits per heavy atom. The standard InChI is InChI=1S/C19H16N2O4/c22-19(14-3-6-17-18(11-14)25-12-24-17)21-8-9-23-15-4-5-16-13(10-15)2-1-7-20-16/h1-7,10-11H,8-9,12H2,(H,21,22). The van der Waals surface area contributed by atoms with Crippen LogP contribution in [0.5, 0.6) is 17.2 Å². The van der Waals surface area contributed by atoms with Gasteiger partial charge in [-0.3, -0.25) is 9.78 Å². The minimum Gasteiger partial charge on any atom is -0.492 e. The van der Waals surface area contributed by atoms with Crippen molar-refractivity contribution in [1.82, 2.24) is 10.3 Å². The van der Waals surface area contributed by atoms with Gasteiger partial charge in [0.05, 0.1) is 12.1 Å². The van der Waals surface area contributed by atoms with E-state index in [4.69, 9.17) is 14.2 Å². The molecule has 4 rings (SSSR count). The third kappa shape index (κ3) is 3.33. The van der Waals surface area contributed by atoms with Crippen LogP contribution < -0.4 is 19.5 Å². The van der Waals surface area contributed by atoms with Gasteiger partial charge in [0.15, 0.2) is 11.5 Å². The fourth-order valence-electron chi connectivity index (χ4n) is 2.62. The van der Waals surface area contributed by atoms with Gasteiger partial charge in [0.25, 0.3) is 5.91 Å². The maximum atomic E-state index is 12.2. The van der Waals surface area contributed by atoms with Crippen LogP contribution in [0.1, 0.15) is 10.4 Å². The Kier molecular flexibility index (Phi) is 4.08. The smallest absolute Gasteiger partial charge is 0.251 e. The molecule has 0 bridgehead atoms. The highest BCUT2D eigenvalue weighted by Crippen LogP contribution is 2.32. The van der Waals surface area contributed by atoms with Gasteiger partial charge in [-0.2, -0.15) is 0 Å². The molecule has 6 heteroatoms. The lowest BCUT2D eigenvalue weighted by molar-refractivity contribution is 0.0946. The van der Waals surface area contributed by atoms with E-state index in [-0.39, 0.29) is 12.7 Å². The molecule has 3 aromatic rings. The van der Waals surface area contributed by atoms with E-state index in [9.17, 15) is 4.79 Å². The van der Waals surface area contributed by atoms with Crippen LogP contribution in [-0.4, -0.2) is 30.8 Å². The summed E-state index contributed by atoms with van der Waals surface area (Å²) in [5.74, 6) is 1.82. The van der Waals surface area contributed by atoms with E-state index in [1.54, 1.807) is 24.4 Å². The molecular formula is C19H16N2O4. The Balaban J connectivity index is 1.30. The molecule has 0 aliphatic carbocycles. The number of pyridine rings is 1. The monoisotopic (exact) mass is 336 g/mol. The van der Waals surface area contributed by atoms with Crippen LogP contribution in [0.3, 0.4) is 0 Å². The first-order chi connectivity index (χ1) is 12.3. The topological polar surface area (TPSA) is 69.7 Å². The van der Waals surface area contributed by atoms with Crippen LogP contribution in [0, 0.1) is 0 Å². The lowest BCUT2D eigenvalue weighted by Gasteiger charge is -2.09. The third-order valence-electron chi connectivity index (χ3n) is 3.87. The molecule has 0 fully saturated rings. The van der Waals surface area contributed by atoms with Crippen molar-refractivity contribution in [1.29, 1.82) is 0 Å². The lowest BCUT2D eigenvalue weighted by Crippen LogP contribution is -2.28. The highest BCUT2D eigenvalue weighted by Gasteiger charge is 2.15. The molecule has 25 heavy (non-hydrogen) atoms. The van der Waals surface area contributed by atoms with Crippen molar-refractivity contribution >= 4 is 16.8 Å². The van der Waals surface area contributed by atoms with E-state index in [0.717, 1.165) is 16.7 Å². The van der Waals surface area contributed by atoms with Crippen molar-refractivity contribution in [2.75, 3.05) is 19.9 Å². The van der Waals surface area contributed by atoms with Crippen LogP contribution in [0.15, 0.2) is 54.7 Å². The van der Waals surface area contributed by atoms with Gasteiger partial charge in [0.1, 0.15) is 12.4 Å². The number of ether oxygens (including phenoxy) is 3. The number of hydrogen-bond acceptors (Lipinski definition) is 5. The Bertz CT molecular complexity index is 926. The molecule has 2 aromatic carbocycles. The summed E-state index contributed by atoms with van der Waals surface area (Å²) in [6, 6.07) is 14.7. The van der Waals surface area contributed by atoms with Crippen molar-refractivity contribution in [3.8, 4) is 17.2 Å². The lowest BCUT2D eigenvalue weighted by atomic mass is 10.2. The van der Waals surface area contributed by atoms with Crippen molar-refractivity contribution in [2.24, 2.45) is 0 Å². The molecule has 0 radical (unpaired) electrons. The summed E-state index contributed by atoms with van der Waals surface area (Å²) < 4.78 is 16.2. The Hall–Kier alpha value is -3.28. The summed E-state index contributed by atoms with van der Waals surface area (Å²) >= 11 is 0. The summed E-state index contributed by atoms with van der Waals surface area (Å²) in [6.45, 7) is 0.968. The number of rotatable bonds is 5. The molecule has 1 aliphatic rings. The maximum Gasteiger partial charge on any atom is 0.251 e. The molecule has 0 atom stereocenters. The SMILES string of the molecule is O=C(NCCOc1ccc2ncccc2c1)c1ccc2c(c1)OCO2. The molecule has 126 valence electrons. The van der Waals surface area contributed by atoms with Crippen molar-refractivity contribution in [3.63, 3.8) is 0 Å². The van der Waals surface area contributed by atoms with Crippen molar-refractivity contribution < 1.29 is 19.0 Å². The first kappa shape index (κ1) is 15.3. The number of carbonyl (C=O) groups is 1. The van der Waals surface area contributed by atoms with E-state index in [0.29, 0.717) is 30.2 Å². The Morgan fingerprint density at radius 3 is 3.00 bits per heavy atom. The van der Waals surface area contributed by atoms with E-state index < -0.39 is 0 Å². The van der Waals surface area contributed by atoms with E-state index >= 15 is 0 Å². The van der Waals surface area contributed by atoms with Gasteiger partial charge in [-0.05, 0) is 42.5 Å². The number of carbonyl (C=O) groups excluding carboxylic acids is 1. The number of hydrogen-bond donors (Lipinski definition) is 1. The summed E-state index contributed by atoms with van der Waals surface area (Å²) in [7, 11) is 0. The molecule has 0 spiro atoms. The molecule has 0 saturated carbocycles. The number of nitrogens with one attached hydrogen (secondary N) is 1. The molecule has 0 saturated heterocycles. The van der Waals surface area contributed by atoms with Crippen molar-refractivity contribution in [3.05, 3.63) is 60.3 Å². The first-order valence-corrected chi connectivity index (χ1v) is 7.95. The Labute approximate surface area is 144 Å². The van der Waals surface area contributed by atoms with Gasteiger partial charge >= 0.3 is 0 Å². The molecule has 1 amide bonds. The minimum absolute atomic E-state index is 0.176. The second kappa shape index (κ2) is 6.68. The summed E-state index contributed by atoms with van der Waals surface area (Å²) in [5, 5.41) is 3.84. The molecule has 6 nitrogen and oxygen atoms in total. The predicted molar refractivity (Wildman–Crippen MR) is 92.1 cm³/mol. The fraction of sp³-hybridized carbons (Fsp3) is 0.158. The van der Waals surface area contributed by atoms with Gasteiger partial charge in [-0.25, -0.2) is 0 Å². The molecule has 1 aliphatic heterocycles. The zero-order valence-corrected chi connectivity index (χ0v) is 13.4. The zero-order chi connectivity index (χ0) is 17.1. The fourth-order valence-corrected chi connectivity index (χ4v) is 2.62. The molecule has 1 N–H and O–H groups in total. The van der Waals surface area contributed by atoms with Crippen LogP contribution >= 0.6 is 0 Å². The number of aromatic nitrogens is 1. The molecule has 0 unspecified atom stereocenters. The summed E-state index contributed by atoms with van der Waals surface area (Å²) in [6.07, 6.45) is 1.76. The number of fused-ring (bicyclic) bond motifs is 2. The van der Waals surface area contributed by atoms with Crippen LogP contribution in [-0.2, 0) is 0 Å². The zero-order valence-electron chi connectivity index (χ0n) is 13.4. The second-order valence-corrected chi connectivity index (χ2v) is 5.53. The molecule has 1 aromatic heterocycles. The molecular weight excluding hydrogens is 320 g/mol. The maximum absolute atomic E-state index is 12.2. The van der Waals surface area contributed by atoms with E-state index in [1.165, 1.54) is 0 Å². The summed E-state index contributed by atoms with van der Waals surface area (Å²) in [4.78, 5) is 16.4. The minimum atomic E-state index is -0.176. The average Bonchev–Trinajstić information content (AvgIpc) is 3.12. The van der Waals surface area contributed by atoms with Gasteiger partial charge < -0.3 is 19.5 Å². The number of benzene rings is 2. The Morgan fingerprint density at radius 1 is 1.12 bits per heavy atom. The average molecular weight is 336 g/mol. The normalized spacial score (nSPS) is 12.2. The van der Waals surface area contributed by atoms with Crippen molar-refractivity contribution in [2.45, 2.75) is 0 Å². The highest BCUT2D eigenvalue weighted by atomic mass is 16.7. The number of amides is 1. The third-order valence-corrected chi connectivity index (χ3v) is 3.87. The molecule has 2 heterocycles. The predicted octanol–water partition coefficient (Wildman–Crippen LogP) is 2.77. The van der Waals surface area contributed by atoms with E-state index in [2.05, 4.69) is 10.3 Å². The first-order valence-electron chi connectivity index (χ1n) is 7.95. The van der Waals surface area contributed by atoms with E-state index in [1.807, 2.05) is 30.3 Å². The van der Waals surface area contributed by atoms with Gasteiger partial charge in [-0.15, -0.1) is 0 Å². The largest absolute Gasteiger partial charge is 0.492 e. The number of nitrogens with zero attached hydrogens (tertiary/aromatic N) is 1. The van der Waals surface area contributed by atoms with Crippen LogP contribution in [0.2, 0.25) is 0 Å². The summed E-state index contributed by atoms with van der Waals surface area (Å²) in [5.41, 5.74) is 1.45. The van der Waals surface area contributed by atoms with Gasteiger partial charge in [0.2, 0.25) is 6.79 Å². The quantitative estimate of drug-likeness (QED) is 0.726.